The smallest absolute Gasteiger partial charge is 0.266 e. The van der Waals surface area contributed by atoms with Crippen molar-refractivity contribution in [2.24, 2.45) is 0 Å². The van der Waals surface area contributed by atoms with Gasteiger partial charge in [0.05, 0.1) is 23.2 Å². The molecule has 8 heteroatoms. The number of halogens is 1. The second-order valence-electron chi connectivity index (χ2n) is 8.51. The Balaban J connectivity index is 1.44. The molecule has 1 N–H and O–H groups in total. The fourth-order valence-electron chi connectivity index (χ4n) is 3.76. The molecule has 0 saturated heterocycles. The number of nitrogens with zero attached hydrogens (tertiary/aromatic N) is 2. The van der Waals surface area contributed by atoms with E-state index in [9.17, 15) is 15.3 Å². The van der Waals surface area contributed by atoms with E-state index in [0.29, 0.717) is 45.1 Å². The van der Waals surface area contributed by atoms with E-state index in [4.69, 9.17) is 14.2 Å². The summed E-state index contributed by atoms with van der Waals surface area (Å²) in [7, 11) is 1.50. The van der Waals surface area contributed by atoms with Crippen LogP contribution in [0.15, 0.2) is 101 Å². The van der Waals surface area contributed by atoms with E-state index in [-0.39, 0.29) is 12.2 Å². The summed E-state index contributed by atoms with van der Waals surface area (Å²) in [6.45, 7) is 0.597. The highest BCUT2D eigenvalue weighted by molar-refractivity contribution is 9.10. The zero-order chi connectivity index (χ0) is 28.3. The predicted molar refractivity (Wildman–Crippen MR) is 156 cm³/mol. The third-order valence-corrected chi connectivity index (χ3v) is 6.39. The third kappa shape index (κ3) is 7.28. The van der Waals surface area contributed by atoms with Crippen LogP contribution in [0.1, 0.15) is 22.3 Å². The Kier molecular flexibility index (Phi) is 9.55. The first-order valence-corrected chi connectivity index (χ1v) is 13.0. The van der Waals surface area contributed by atoms with Gasteiger partial charge in [0, 0.05) is 11.3 Å². The van der Waals surface area contributed by atoms with Crippen molar-refractivity contribution in [3.05, 3.63) is 123 Å². The second-order valence-corrected chi connectivity index (χ2v) is 9.37. The normalized spacial score (nSPS) is 10.7. The molecule has 7 nitrogen and oxygen atoms in total. The van der Waals surface area contributed by atoms with Crippen LogP contribution in [-0.4, -0.2) is 13.0 Å². The Morgan fingerprint density at radius 3 is 2.35 bits per heavy atom. The molecule has 0 bridgehead atoms. The van der Waals surface area contributed by atoms with Crippen LogP contribution in [0.3, 0.4) is 0 Å². The highest BCUT2D eigenvalue weighted by Gasteiger charge is 2.15. The van der Waals surface area contributed by atoms with Crippen molar-refractivity contribution in [2.75, 3.05) is 12.4 Å². The van der Waals surface area contributed by atoms with Gasteiger partial charge in [0.2, 0.25) is 0 Å². The zero-order valence-electron chi connectivity index (χ0n) is 21.6. The SMILES string of the molecule is COc1cc(/C=C(\C#N)C(=O)Nc2ccc(OCc3ccccc3)cc2)cc(Br)c1OCc1ccccc1C#N. The summed E-state index contributed by atoms with van der Waals surface area (Å²) >= 11 is 3.49. The molecule has 0 heterocycles. The molecule has 198 valence electrons. The van der Waals surface area contributed by atoms with Crippen molar-refractivity contribution in [3.8, 4) is 29.4 Å². The summed E-state index contributed by atoms with van der Waals surface area (Å²) in [5.74, 6) is 0.945. The summed E-state index contributed by atoms with van der Waals surface area (Å²) in [5.41, 5.74) is 3.31. The van der Waals surface area contributed by atoms with Crippen LogP contribution in [0.2, 0.25) is 0 Å². The lowest BCUT2D eigenvalue weighted by Crippen LogP contribution is -2.13. The first-order valence-electron chi connectivity index (χ1n) is 12.2. The summed E-state index contributed by atoms with van der Waals surface area (Å²) in [4.78, 5) is 12.8. The maximum atomic E-state index is 12.8. The van der Waals surface area contributed by atoms with Gasteiger partial charge in [0.25, 0.3) is 5.91 Å². The Morgan fingerprint density at radius 1 is 0.925 bits per heavy atom. The van der Waals surface area contributed by atoms with Crippen molar-refractivity contribution in [1.29, 1.82) is 10.5 Å². The first kappa shape index (κ1) is 28.0. The Morgan fingerprint density at radius 2 is 1.65 bits per heavy atom. The van der Waals surface area contributed by atoms with Gasteiger partial charge in [-0.2, -0.15) is 10.5 Å². The van der Waals surface area contributed by atoms with E-state index in [1.54, 1.807) is 48.5 Å². The van der Waals surface area contributed by atoms with Gasteiger partial charge in [0.15, 0.2) is 11.5 Å². The third-order valence-electron chi connectivity index (χ3n) is 5.80. The van der Waals surface area contributed by atoms with Crippen molar-refractivity contribution in [2.45, 2.75) is 13.2 Å². The van der Waals surface area contributed by atoms with E-state index in [0.717, 1.165) is 11.1 Å². The van der Waals surface area contributed by atoms with Gasteiger partial charge in [-0.15, -0.1) is 0 Å². The van der Waals surface area contributed by atoms with Gasteiger partial charge in [-0.3, -0.25) is 4.79 Å². The number of carbonyl (C=O) groups is 1. The van der Waals surface area contributed by atoms with Gasteiger partial charge < -0.3 is 19.5 Å². The fraction of sp³-hybridized carbons (Fsp3) is 0.0938. The van der Waals surface area contributed by atoms with Gasteiger partial charge in [-0.1, -0.05) is 48.5 Å². The lowest BCUT2D eigenvalue weighted by Gasteiger charge is -2.14. The molecule has 4 aromatic rings. The molecule has 0 atom stereocenters. The van der Waals surface area contributed by atoms with Gasteiger partial charge in [0.1, 0.15) is 30.6 Å². The van der Waals surface area contributed by atoms with E-state index < -0.39 is 5.91 Å². The summed E-state index contributed by atoms with van der Waals surface area (Å²) in [6, 6.07) is 31.4. The standard InChI is InChI=1S/C32H24BrN3O4/c1-38-30-17-23(16-29(33)31(30)40-21-25-10-6-5-9-24(25)18-34)15-26(19-35)32(37)36-27-11-13-28(14-12-27)39-20-22-7-3-2-4-8-22/h2-17H,20-21H2,1H3,(H,36,37)/b26-15+. The highest BCUT2D eigenvalue weighted by Crippen LogP contribution is 2.38. The average Bonchev–Trinajstić information content (AvgIpc) is 2.99. The van der Waals surface area contributed by atoms with Gasteiger partial charge in [-0.05, 0) is 75.6 Å². The van der Waals surface area contributed by atoms with Crippen molar-refractivity contribution in [1.82, 2.24) is 0 Å². The minimum atomic E-state index is -0.552. The molecule has 1 amide bonds. The molecule has 0 radical (unpaired) electrons. The first-order chi connectivity index (χ1) is 19.5. The molecule has 0 aliphatic heterocycles. The number of ether oxygens (including phenoxy) is 3. The minimum absolute atomic E-state index is 0.0880. The number of hydrogen-bond acceptors (Lipinski definition) is 6. The molecule has 4 aromatic carbocycles. The van der Waals surface area contributed by atoms with Crippen molar-refractivity contribution >= 4 is 33.6 Å². The Bertz CT molecular complexity index is 1600. The monoisotopic (exact) mass is 593 g/mol. The van der Waals surface area contributed by atoms with E-state index in [2.05, 4.69) is 27.3 Å². The van der Waals surface area contributed by atoms with Crippen LogP contribution in [0, 0.1) is 22.7 Å². The molecule has 0 saturated carbocycles. The molecule has 0 aliphatic rings. The second kappa shape index (κ2) is 13.7. The molecule has 0 fully saturated rings. The largest absolute Gasteiger partial charge is 0.493 e. The molecule has 40 heavy (non-hydrogen) atoms. The number of benzene rings is 4. The molecule has 0 unspecified atom stereocenters. The van der Waals surface area contributed by atoms with Gasteiger partial charge >= 0.3 is 0 Å². The number of carbonyl (C=O) groups excluding carboxylic acids is 1. The molecular weight excluding hydrogens is 570 g/mol. The number of hydrogen-bond donors (Lipinski definition) is 1. The number of methoxy groups -OCH3 is 1. The summed E-state index contributed by atoms with van der Waals surface area (Å²) in [6.07, 6.45) is 1.47. The average molecular weight is 594 g/mol. The highest BCUT2D eigenvalue weighted by atomic mass is 79.9. The number of rotatable bonds is 10. The van der Waals surface area contributed by atoms with E-state index in [1.165, 1.54) is 13.2 Å². The van der Waals surface area contributed by atoms with Crippen LogP contribution in [0.4, 0.5) is 5.69 Å². The zero-order valence-corrected chi connectivity index (χ0v) is 23.1. The molecular formula is C32H24BrN3O4. The summed E-state index contributed by atoms with van der Waals surface area (Å²) < 4.78 is 17.8. The van der Waals surface area contributed by atoms with Crippen molar-refractivity contribution in [3.63, 3.8) is 0 Å². The Labute approximate surface area is 241 Å². The molecule has 0 aliphatic carbocycles. The predicted octanol–water partition coefficient (Wildman–Crippen LogP) is 7.03. The van der Waals surface area contributed by atoms with Crippen LogP contribution in [-0.2, 0) is 18.0 Å². The van der Waals surface area contributed by atoms with Crippen LogP contribution in [0.25, 0.3) is 6.08 Å². The topological polar surface area (TPSA) is 104 Å². The van der Waals surface area contributed by atoms with Crippen LogP contribution >= 0.6 is 15.9 Å². The molecule has 4 rings (SSSR count). The van der Waals surface area contributed by atoms with Crippen LogP contribution < -0.4 is 19.5 Å². The maximum absolute atomic E-state index is 12.8. The Hall–Kier alpha value is -5.05. The lowest BCUT2D eigenvalue weighted by molar-refractivity contribution is -0.112. The van der Waals surface area contributed by atoms with E-state index in [1.807, 2.05) is 48.5 Å². The van der Waals surface area contributed by atoms with Crippen molar-refractivity contribution < 1.29 is 19.0 Å². The fourth-order valence-corrected chi connectivity index (χ4v) is 4.33. The quantitative estimate of drug-likeness (QED) is 0.156. The molecule has 0 aromatic heterocycles. The number of anilines is 1. The minimum Gasteiger partial charge on any atom is -0.493 e. The number of amides is 1. The van der Waals surface area contributed by atoms with E-state index >= 15 is 0 Å². The van der Waals surface area contributed by atoms with Crippen LogP contribution in [0.5, 0.6) is 17.2 Å². The number of nitrogens with one attached hydrogen (secondary N) is 1. The maximum Gasteiger partial charge on any atom is 0.266 e. The lowest BCUT2D eigenvalue weighted by atomic mass is 10.1. The van der Waals surface area contributed by atoms with Gasteiger partial charge in [-0.25, -0.2) is 0 Å². The number of nitriles is 2. The molecule has 0 spiro atoms. The summed E-state index contributed by atoms with van der Waals surface area (Å²) in [5, 5.41) is 21.7.